The fourth-order valence-corrected chi connectivity index (χ4v) is 2.98. The second-order valence-electron chi connectivity index (χ2n) is 4.54. The van der Waals surface area contributed by atoms with Crippen LogP contribution in [0.3, 0.4) is 0 Å². The zero-order valence-electron chi connectivity index (χ0n) is 11.1. The molecule has 1 N–H and O–H groups in total. The van der Waals surface area contributed by atoms with E-state index in [0.29, 0.717) is 21.5 Å². The molecule has 0 spiro atoms. The van der Waals surface area contributed by atoms with Gasteiger partial charge in [-0.25, -0.2) is 9.49 Å². The van der Waals surface area contributed by atoms with E-state index in [2.05, 4.69) is 15.4 Å². The molecule has 0 aliphatic carbocycles. The maximum atomic E-state index is 13.5. The van der Waals surface area contributed by atoms with Crippen LogP contribution in [0.1, 0.15) is 11.3 Å². The number of hydrogen-bond acceptors (Lipinski definition) is 4. The molecule has 0 unspecified atom stereocenters. The normalized spacial score (nSPS) is 11.4. The number of nitrogens with zero attached hydrogens (tertiary/aromatic N) is 3. The number of thiophene rings is 1. The highest BCUT2D eigenvalue weighted by atomic mass is 32.1. The largest absolute Gasteiger partial charge is 0.416 e. The van der Waals surface area contributed by atoms with Crippen molar-refractivity contribution in [1.29, 1.82) is 5.26 Å². The van der Waals surface area contributed by atoms with E-state index in [0.717, 1.165) is 23.5 Å². The monoisotopic (exact) mass is 338 g/mol. The first-order valence-corrected chi connectivity index (χ1v) is 6.99. The Balaban J connectivity index is 2.05. The summed E-state index contributed by atoms with van der Waals surface area (Å²) in [5, 5.41) is 18.6. The molecule has 0 saturated heterocycles. The van der Waals surface area contributed by atoms with Crippen molar-refractivity contribution >= 4 is 11.3 Å². The van der Waals surface area contributed by atoms with Crippen molar-refractivity contribution < 1.29 is 17.6 Å². The molecule has 0 fully saturated rings. The molecular weight excluding hydrogens is 332 g/mol. The number of H-pyrrole nitrogens is 1. The Hall–Kier alpha value is -2.73. The smallest absolute Gasteiger partial charge is 0.247 e. The second kappa shape index (κ2) is 5.48. The van der Waals surface area contributed by atoms with Gasteiger partial charge in [-0.3, -0.25) is 0 Å². The van der Waals surface area contributed by atoms with Crippen molar-refractivity contribution in [3.63, 3.8) is 0 Å². The molecule has 0 saturated carbocycles. The van der Waals surface area contributed by atoms with Gasteiger partial charge in [-0.1, -0.05) is 5.21 Å². The minimum atomic E-state index is -4.63. The van der Waals surface area contributed by atoms with Crippen LogP contribution in [-0.4, -0.2) is 15.4 Å². The summed E-state index contributed by atoms with van der Waals surface area (Å²) in [6, 6.07) is 7.38. The van der Waals surface area contributed by atoms with Crippen LogP contribution in [0.4, 0.5) is 17.6 Å². The van der Waals surface area contributed by atoms with Crippen LogP contribution in [0.25, 0.3) is 21.0 Å². The standard InChI is InChI=1S/C14H6F4N4S/c15-9-4-7(3-8(5-9)14(16,17)18)11-1-2-12(23-11)13-10(6-19)20-22-21-13/h1-5H,(H,20,21,22). The molecule has 1 aromatic carbocycles. The third kappa shape index (κ3) is 2.93. The highest BCUT2D eigenvalue weighted by Gasteiger charge is 2.31. The predicted octanol–water partition coefficient (Wildman–Crippen LogP) is 4.23. The number of aromatic nitrogens is 3. The summed E-state index contributed by atoms with van der Waals surface area (Å²) in [6.45, 7) is 0. The molecule has 0 aliphatic heterocycles. The Morgan fingerprint density at radius 1 is 1.13 bits per heavy atom. The van der Waals surface area contributed by atoms with Crippen molar-refractivity contribution in [2.45, 2.75) is 6.18 Å². The molecule has 0 bridgehead atoms. The number of alkyl halides is 3. The van der Waals surface area contributed by atoms with Crippen LogP contribution in [0.2, 0.25) is 0 Å². The lowest BCUT2D eigenvalue weighted by Gasteiger charge is -2.08. The van der Waals surface area contributed by atoms with E-state index >= 15 is 0 Å². The molecule has 0 aliphatic rings. The fraction of sp³-hybridized carbons (Fsp3) is 0.0714. The topological polar surface area (TPSA) is 65.4 Å². The van der Waals surface area contributed by atoms with E-state index in [1.165, 1.54) is 0 Å². The Labute approximate surface area is 131 Å². The van der Waals surface area contributed by atoms with Gasteiger partial charge < -0.3 is 0 Å². The molecule has 9 heteroatoms. The molecule has 23 heavy (non-hydrogen) atoms. The van der Waals surface area contributed by atoms with Crippen LogP contribution in [0, 0.1) is 17.1 Å². The van der Waals surface area contributed by atoms with Crippen LogP contribution >= 0.6 is 11.3 Å². The summed E-state index contributed by atoms with van der Waals surface area (Å²) >= 11 is 1.09. The molecule has 0 atom stereocenters. The minimum absolute atomic E-state index is 0.107. The van der Waals surface area contributed by atoms with Gasteiger partial charge in [0.05, 0.1) is 10.4 Å². The van der Waals surface area contributed by atoms with Gasteiger partial charge in [0.1, 0.15) is 17.6 Å². The highest BCUT2D eigenvalue weighted by molar-refractivity contribution is 7.18. The number of rotatable bonds is 2. The molecule has 0 radical (unpaired) electrons. The van der Waals surface area contributed by atoms with Gasteiger partial charge in [-0.05, 0) is 35.9 Å². The third-order valence-corrected chi connectivity index (χ3v) is 4.15. The van der Waals surface area contributed by atoms with Crippen molar-refractivity contribution in [3.8, 4) is 27.1 Å². The zero-order chi connectivity index (χ0) is 16.6. The van der Waals surface area contributed by atoms with Crippen molar-refractivity contribution in [2.75, 3.05) is 0 Å². The molecule has 2 aromatic heterocycles. The quantitative estimate of drug-likeness (QED) is 0.711. The molecular formula is C14H6F4N4S. The van der Waals surface area contributed by atoms with E-state index in [1.807, 2.05) is 6.07 Å². The highest BCUT2D eigenvalue weighted by Crippen LogP contribution is 2.37. The zero-order valence-corrected chi connectivity index (χ0v) is 12.0. The van der Waals surface area contributed by atoms with Gasteiger partial charge in [0.2, 0.25) is 0 Å². The second-order valence-corrected chi connectivity index (χ2v) is 5.62. The molecule has 2 heterocycles. The van der Waals surface area contributed by atoms with Crippen LogP contribution in [-0.2, 0) is 6.18 Å². The van der Waals surface area contributed by atoms with E-state index in [-0.39, 0.29) is 11.3 Å². The van der Waals surface area contributed by atoms with Crippen LogP contribution < -0.4 is 0 Å². The lowest BCUT2D eigenvalue weighted by molar-refractivity contribution is -0.137. The first kappa shape index (κ1) is 15.2. The summed E-state index contributed by atoms with van der Waals surface area (Å²) in [7, 11) is 0. The maximum absolute atomic E-state index is 13.5. The lowest BCUT2D eigenvalue weighted by Crippen LogP contribution is -2.05. The summed E-state index contributed by atoms with van der Waals surface area (Å²) in [6.07, 6.45) is -4.63. The Morgan fingerprint density at radius 2 is 1.87 bits per heavy atom. The molecule has 3 aromatic rings. The number of nitrogens with one attached hydrogen (secondary N) is 1. The maximum Gasteiger partial charge on any atom is 0.416 e. The number of benzene rings is 1. The van der Waals surface area contributed by atoms with Gasteiger partial charge in [0.25, 0.3) is 0 Å². The molecule has 4 nitrogen and oxygen atoms in total. The Kier molecular flexibility index (Phi) is 3.61. The van der Waals surface area contributed by atoms with Gasteiger partial charge in [0, 0.05) is 4.88 Å². The van der Waals surface area contributed by atoms with Crippen LogP contribution in [0.15, 0.2) is 30.3 Å². The third-order valence-electron chi connectivity index (χ3n) is 3.01. The van der Waals surface area contributed by atoms with E-state index in [1.54, 1.807) is 12.1 Å². The van der Waals surface area contributed by atoms with Gasteiger partial charge in [-0.15, -0.1) is 16.4 Å². The number of hydrogen-bond donors (Lipinski definition) is 1. The lowest BCUT2D eigenvalue weighted by atomic mass is 10.1. The molecule has 3 rings (SSSR count). The number of aromatic amines is 1. The summed E-state index contributed by atoms with van der Waals surface area (Å²) < 4.78 is 51.8. The van der Waals surface area contributed by atoms with E-state index < -0.39 is 17.6 Å². The average molecular weight is 338 g/mol. The Morgan fingerprint density at radius 3 is 2.57 bits per heavy atom. The summed E-state index contributed by atoms with van der Waals surface area (Å²) in [5.74, 6) is -0.969. The Bertz CT molecular complexity index is 904. The number of halogens is 4. The van der Waals surface area contributed by atoms with Crippen LogP contribution in [0.5, 0.6) is 0 Å². The van der Waals surface area contributed by atoms with E-state index in [9.17, 15) is 17.6 Å². The first-order chi connectivity index (χ1) is 10.9. The van der Waals surface area contributed by atoms with Gasteiger partial charge in [0.15, 0.2) is 5.69 Å². The summed E-state index contributed by atoms with van der Waals surface area (Å²) in [4.78, 5) is 0.972. The molecule has 0 amide bonds. The molecule has 116 valence electrons. The van der Waals surface area contributed by atoms with E-state index in [4.69, 9.17) is 5.26 Å². The first-order valence-electron chi connectivity index (χ1n) is 6.18. The average Bonchev–Trinajstić information content (AvgIpc) is 3.14. The van der Waals surface area contributed by atoms with Crippen molar-refractivity contribution in [2.24, 2.45) is 0 Å². The SMILES string of the molecule is N#Cc1[nH]nnc1-c1ccc(-c2cc(F)cc(C(F)(F)F)c2)s1. The van der Waals surface area contributed by atoms with Gasteiger partial charge >= 0.3 is 6.18 Å². The van der Waals surface area contributed by atoms with Crippen molar-refractivity contribution in [1.82, 2.24) is 15.4 Å². The minimum Gasteiger partial charge on any atom is -0.247 e. The summed E-state index contributed by atoms with van der Waals surface area (Å²) in [5.41, 5.74) is -0.498. The predicted molar refractivity (Wildman–Crippen MR) is 74.8 cm³/mol. The van der Waals surface area contributed by atoms with Gasteiger partial charge in [-0.2, -0.15) is 18.4 Å². The number of nitriles is 1. The van der Waals surface area contributed by atoms with Crippen molar-refractivity contribution in [3.05, 3.63) is 47.4 Å². The fourth-order valence-electron chi connectivity index (χ4n) is 1.99.